The Kier molecular flexibility index (Phi) is 26.2. The number of hydrogen-bond donors (Lipinski definition) is 2. The minimum absolute atomic E-state index is 0.0661. The third kappa shape index (κ3) is 20.7. The van der Waals surface area contributed by atoms with Gasteiger partial charge in [-0.2, -0.15) is 0 Å². The summed E-state index contributed by atoms with van der Waals surface area (Å²) in [5, 5.41) is 19.9. The molecule has 0 rings (SSSR count). The molecule has 0 saturated carbocycles. The summed E-state index contributed by atoms with van der Waals surface area (Å²) < 4.78 is 11.5. The molecule has 0 aromatic carbocycles. The second kappa shape index (κ2) is 26.9. The number of unbranched alkanes of at least 4 members (excludes halogenated alkanes) is 18. The summed E-state index contributed by atoms with van der Waals surface area (Å²) in [6, 6.07) is -1.35. The number of likely N-dealkylation sites (N-methyl/N-ethyl adjacent to an activating group) is 2. The number of aliphatic hydroxyl groups is 2. The van der Waals surface area contributed by atoms with Crippen LogP contribution in [0.2, 0.25) is 0 Å². The molecule has 0 aliphatic carbocycles. The number of esters is 2. The van der Waals surface area contributed by atoms with Crippen LogP contribution < -0.4 is 0 Å². The molecule has 2 N–H and O–H groups in total. The van der Waals surface area contributed by atoms with Crippen molar-refractivity contribution < 1.29 is 38.2 Å². The van der Waals surface area contributed by atoms with Crippen LogP contribution in [0.4, 0.5) is 0 Å². The summed E-state index contributed by atoms with van der Waals surface area (Å²) in [6.45, 7) is 5.35. The normalized spacial score (nSPS) is 13.5. The topological polar surface area (TPSA) is 93.1 Å². The van der Waals surface area contributed by atoms with Gasteiger partial charge in [0.2, 0.25) is 12.1 Å². The third-order valence-electron chi connectivity index (χ3n) is 9.33. The fourth-order valence-electron chi connectivity index (χ4n) is 5.96. The van der Waals surface area contributed by atoms with Gasteiger partial charge in [0.25, 0.3) is 0 Å². The van der Waals surface area contributed by atoms with Crippen LogP contribution in [0.15, 0.2) is 0 Å². The van der Waals surface area contributed by atoms with E-state index in [-0.39, 0.29) is 26.4 Å². The third-order valence-corrected chi connectivity index (χ3v) is 9.33. The van der Waals surface area contributed by atoms with Gasteiger partial charge in [0.05, 0.1) is 41.3 Å². The molecule has 0 bridgehead atoms. The van der Waals surface area contributed by atoms with Gasteiger partial charge in [-0.3, -0.25) is 0 Å². The van der Waals surface area contributed by atoms with E-state index in [1.165, 1.54) is 103 Å². The minimum Gasteiger partial charge on any atom is -0.458 e. The minimum atomic E-state index is -0.675. The smallest absolute Gasteiger partial charge is 0.367 e. The van der Waals surface area contributed by atoms with Crippen molar-refractivity contribution in [3.8, 4) is 0 Å². The standard InChI is InChI=1S/C36H74N2O6/c1-7-9-11-13-15-17-19-21-23-25-27-37(3,4)33(31-39)35(41)43-29-30-44-36(42)34(32-40)38(5,6)28-26-24-22-20-18-16-14-12-10-8-2/h33-34,39-40H,7-32H2,1-6H3/q+2. The Hall–Kier alpha value is -1.22. The molecule has 0 aromatic heterocycles. The van der Waals surface area contributed by atoms with Gasteiger partial charge >= 0.3 is 11.9 Å². The Morgan fingerprint density at radius 3 is 0.977 bits per heavy atom. The number of aliphatic hydroxyl groups excluding tert-OH is 2. The van der Waals surface area contributed by atoms with Crippen molar-refractivity contribution in [3.05, 3.63) is 0 Å². The number of carbonyl (C=O) groups is 2. The highest BCUT2D eigenvalue weighted by Gasteiger charge is 2.37. The second-order valence-electron chi connectivity index (χ2n) is 14.1. The van der Waals surface area contributed by atoms with Gasteiger partial charge in [0, 0.05) is 0 Å². The lowest BCUT2D eigenvalue weighted by atomic mass is 10.1. The maximum absolute atomic E-state index is 12.8. The van der Waals surface area contributed by atoms with Crippen molar-refractivity contribution in [2.45, 2.75) is 154 Å². The first-order valence-corrected chi connectivity index (χ1v) is 18.3. The van der Waals surface area contributed by atoms with E-state index in [4.69, 9.17) is 9.47 Å². The van der Waals surface area contributed by atoms with E-state index in [2.05, 4.69) is 13.8 Å². The van der Waals surface area contributed by atoms with Gasteiger partial charge < -0.3 is 28.7 Å². The summed E-state index contributed by atoms with van der Waals surface area (Å²) >= 11 is 0. The molecule has 8 heteroatoms. The van der Waals surface area contributed by atoms with Gasteiger partial charge in [0.15, 0.2) is 0 Å². The monoisotopic (exact) mass is 631 g/mol. The molecular weight excluding hydrogens is 556 g/mol. The molecule has 0 radical (unpaired) electrons. The van der Waals surface area contributed by atoms with Gasteiger partial charge in [-0.1, -0.05) is 117 Å². The summed E-state index contributed by atoms with van der Waals surface area (Å²) in [5.74, 6) is -0.951. The van der Waals surface area contributed by atoms with Crippen molar-refractivity contribution in [1.82, 2.24) is 0 Å². The van der Waals surface area contributed by atoms with E-state index in [9.17, 15) is 19.8 Å². The number of carbonyl (C=O) groups excluding carboxylic acids is 2. The van der Waals surface area contributed by atoms with E-state index in [0.29, 0.717) is 8.97 Å². The number of nitrogens with zero attached hydrogens (tertiary/aromatic N) is 2. The molecule has 262 valence electrons. The highest BCUT2D eigenvalue weighted by molar-refractivity contribution is 5.75. The molecule has 0 heterocycles. The van der Waals surface area contributed by atoms with Crippen LogP contribution in [-0.4, -0.2) is 111 Å². The van der Waals surface area contributed by atoms with Crippen LogP contribution in [0.1, 0.15) is 142 Å². The first-order valence-electron chi connectivity index (χ1n) is 18.3. The average Bonchev–Trinajstić information content (AvgIpc) is 2.97. The molecule has 2 atom stereocenters. The zero-order valence-electron chi connectivity index (χ0n) is 30.0. The first kappa shape index (κ1) is 42.8. The number of hydrogen-bond acceptors (Lipinski definition) is 6. The zero-order valence-corrected chi connectivity index (χ0v) is 30.0. The lowest BCUT2D eigenvalue weighted by Crippen LogP contribution is -2.56. The van der Waals surface area contributed by atoms with E-state index in [1.54, 1.807) is 0 Å². The molecule has 44 heavy (non-hydrogen) atoms. The highest BCUT2D eigenvalue weighted by atomic mass is 16.6. The first-order chi connectivity index (χ1) is 21.1. The van der Waals surface area contributed by atoms with Crippen LogP contribution in [0.25, 0.3) is 0 Å². The van der Waals surface area contributed by atoms with Crippen molar-refractivity contribution >= 4 is 11.9 Å². The van der Waals surface area contributed by atoms with Gasteiger partial charge in [-0.15, -0.1) is 0 Å². The maximum Gasteiger partial charge on any atom is 0.367 e. The summed E-state index contributed by atoms with van der Waals surface area (Å²) in [6.07, 6.45) is 25.1. The molecule has 8 nitrogen and oxygen atoms in total. The predicted molar refractivity (Wildman–Crippen MR) is 181 cm³/mol. The molecule has 0 spiro atoms. The molecule has 2 unspecified atom stereocenters. The van der Waals surface area contributed by atoms with Gasteiger partial charge in [0.1, 0.15) is 26.4 Å². The number of ether oxygens (including phenoxy) is 2. The van der Waals surface area contributed by atoms with Crippen LogP contribution in [0, 0.1) is 0 Å². The van der Waals surface area contributed by atoms with Crippen LogP contribution in [0.3, 0.4) is 0 Å². The van der Waals surface area contributed by atoms with Crippen LogP contribution in [0.5, 0.6) is 0 Å². The lowest BCUT2D eigenvalue weighted by Gasteiger charge is -2.36. The van der Waals surface area contributed by atoms with Crippen LogP contribution >= 0.6 is 0 Å². The zero-order chi connectivity index (χ0) is 33.1. The Morgan fingerprint density at radius 2 is 0.727 bits per heavy atom. The molecule has 0 aromatic rings. The van der Waals surface area contributed by atoms with E-state index in [1.807, 2.05) is 28.2 Å². The quantitative estimate of drug-likeness (QED) is 0.0498. The van der Waals surface area contributed by atoms with Crippen molar-refractivity contribution in [3.63, 3.8) is 0 Å². The SMILES string of the molecule is CCCCCCCCCCCC[N+](C)(C)C(CO)C(=O)OCCOC(=O)C(CO)[N+](C)(C)CCCCCCCCCCCC. The fourth-order valence-corrected chi connectivity index (χ4v) is 5.96. The Morgan fingerprint density at radius 1 is 0.477 bits per heavy atom. The molecule has 0 aliphatic heterocycles. The fraction of sp³-hybridized carbons (Fsp3) is 0.944. The predicted octanol–water partition coefficient (Wildman–Crippen LogP) is 6.79. The van der Waals surface area contributed by atoms with E-state index < -0.39 is 24.0 Å². The van der Waals surface area contributed by atoms with Crippen molar-refractivity contribution in [2.24, 2.45) is 0 Å². The number of rotatable bonds is 31. The van der Waals surface area contributed by atoms with Crippen LogP contribution in [-0.2, 0) is 19.1 Å². The molecule has 0 saturated heterocycles. The highest BCUT2D eigenvalue weighted by Crippen LogP contribution is 2.16. The molecule has 0 aliphatic rings. The van der Waals surface area contributed by atoms with E-state index in [0.717, 1.165) is 38.8 Å². The number of quaternary nitrogens is 2. The molecule has 0 amide bonds. The van der Waals surface area contributed by atoms with Crippen molar-refractivity contribution in [2.75, 3.05) is 67.7 Å². The Balaban J connectivity index is 4.29. The summed E-state index contributed by atoms with van der Waals surface area (Å²) in [4.78, 5) is 25.6. The summed E-state index contributed by atoms with van der Waals surface area (Å²) in [5.41, 5.74) is 0. The van der Waals surface area contributed by atoms with E-state index >= 15 is 0 Å². The average molecular weight is 631 g/mol. The Labute approximate surface area is 272 Å². The second-order valence-corrected chi connectivity index (χ2v) is 14.1. The Bertz CT molecular complexity index is 642. The lowest BCUT2D eigenvalue weighted by molar-refractivity contribution is -0.907. The largest absolute Gasteiger partial charge is 0.458 e. The van der Waals surface area contributed by atoms with Gasteiger partial charge in [-0.25, -0.2) is 9.59 Å². The van der Waals surface area contributed by atoms with Gasteiger partial charge in [-0.05, 0) is 25.7 Å². The molecule has 0 fully saturated rings. The van der Waals surface area contributed by atoms with Crippen molar-refractivity contribution in [1.29, 1.82) is 0 Å². The molecular formula is C36H74N2O6+2. The maximum atomic E-state index is 12.8. The summed E-state index contributed by atoms with van der Waals surface area (Å²) in [7, 11) is 7.82.